The highest BCUT2D eigenvalue weighted by Crippen LogP contribution is 2.44. The van der Waals surface area contributed by atoms with Gasteiger partial charge < -0.3 is 5.11 Å². The molecule has 2 heteroatoms. The van der Waals surface area contributed by atoms with Gasteiger partial charge >= 0.3 is 5.97 Å². The standard InChI is InChI=1S/C25H30O2/c1-17(14-20-8-6-7-9-21(20)23(26)27)19-11-10-18-12-13-24(2,3)16-25(4,5)22(18)15-19/h6-11,14-15H,12-13,16H2,1-5H3,(H,26,27). The van der Waals surface area contributed by atoms with Gasteiger partial charge in [-0.3, -0.25) is 0 Å². The van der Waals surface area contributed by atoms with Crippen LogP contribution in [0, 0.1) is 5.41 Å². The molecule has 0 aliphatic heterocycles. The average Bonchev–Trinajstić information content (AvgIpc) is 2.68. The van der Waals surface area contributed by atoms with E-state index in [2.05, 4.69) is 52.8 Å². The van der Waals surface area contributed by atoms with Crippen LogP contribution in [-0.2, 0) is 11.8 Å². The Bertz CT molecular complexity index is 900. The summed E-state index contributed by atoms with van der Waals surface area (Å²) in [5, 5.41) is 9.43. The zero-order valence-corrected chi connectivity index (χ0v) is 17.1. The van der Waals surface area contributed by atoms with Gasteiger partial charge in [0.1, 0.15) is 0 Å². The van der Waals surface area contributed by atoms with Crippen LogP contribution in [0.1, 0.15) is 80.1 Å². The van der Waals surface area contributed by atoms with Crippen molar-refractivity contribution in [3.63, 3.8) is 0 Å². The van der Waals surface area contributed by atoms with Crippen molar-refractivity contribution < 1.29 is 9.90 Å². The number of fused-ring (bicyclic) bond motifs is 1. The largest absolute Gasteiger partial charge is 0.478 e. The summed E-state index contributed by atoms with van der Waals surface area (Å²) >= 11 is 0. The fraction of sp³-hybridized carbons (Fsp3) is 0.400. The SMILES string of the molecule is CC(=Cc1ccccc1C(=O)O)c1ccc2c(c1)C(C)(C)CC(C)(C)CC2. The molecule has 1 aliphatic rings. The van der Waals surface area contributed by atoms with Gasteiger partial charge in [0.05, 0.1) is 5.56 Å². The topological polar surface area (TPSA) is 37.3 Å². The normalized spacial score (nSPS) is 18.5. The smallest absolute Gasteiger partial charge is 0.336 e. The van der Waals surface area contributed by atoms with Crippen molar-refractivity contribution in [3.05, 3.63) is 70.3 Å². The van der Waals surface area contributed by atoms with Crippen molar-refractivity contribution >= 4 is 17.6 Å². The first kappa shape index (κ1) is 19.4. The molecule has 0 unspecified atom stereocenters. The van der Waals surface area contributed by atoms with Gasteiger partial charge in [-0.25, -0.2) is 4.79 Å². The average molecular weight is 363 g/mol. The van der Waals surface area contributed by atoms with Gasteiger partial charge in [0, 0.05) is 0 Å². The van der Waals surface area contributed by atoms with Gasteiger partial charge in [-0.05, 0) is 70.9 Å². The van der Waals surface area contributed by atoms with Gasteiger partial charge in [0.2, 0.25) is 0 Å². The van der Waals surface area contributed by atoms with Crippen LogP contribution in [0.4, 0.5) is 0 Å². The van der Waals surface area contributed by atoms with E-state index >= 15 is 0 Å². The first-order chi connectivity index (χ1) is 12.6. The molecule has 0 fully saturated rings. The predicted molar refractivity (Wildman–Crippen MR) is 113 cm³/mol. The minimum atomic E-state index is -0.889. The Kier molecular flexibility index (Phi) is 5.03. The molecular formula is C25H30O2. The number of benzene rings is 2. The molecule has 0 atom stereocenters. The second-order valence-electron chi connectivity index (χ2n) is 9.32. The molecule has 0 spiro atoms. The highest BCUT2D eigenvalue weighted by Gasteiger charge is 2.34. The Hall–Kier alpha value is -2.35. The third kappa shape index (κ3) is 4.16. The van der Waals surface area contributed by atoms with E-state index in [1.54, 1.807) is 12.1 Å². The van der Waals surface area contributed by atoms with Crippen LogP contribution in [0.5, 0.6) is 0 Å². The Balaban J connectivity index is 2.03. The lowest BCUT2D eigenvalue weighted by atomic mass is 9.72. The number of carbonyl (C=O) groups is 1. The van der Waals surface area contributed by atoms with E-state index in [0.29, 0.717) is 11.0 Å². The minimum absolute atomic E-state index is 0.130. The van der Waals surface area contributed by atoms with Crippen molar-refractivity contribution in [2.45, 2.75) is 59.3 Å². The van der Waals surface area contributed by atoms with Crippen molar-refractivity contribution in [2.75, 3.05) is 0 Å². The lowest BCUT2D eigenvalue weighted by molar-refractivity contribution is 0.0696. The van der Waals surface area contributed by atoms with Crippen LogP contribution in [-0.4, -0.2) is 11.1 Å². The maximum absolute atomic E-state index is 11.5. The number of aryl methyl sites for hydroxylation is 1. The van der Waals surface area contributed by atoms with Crippen LogP contribution in [0.2, 0.25) is 0 Å². The van der Waals surface area contributed by atoms with E-state index in [-0.39, 0.29) is 5.41 Å². The van der Waals surface area contributed by atoms with E-state index in [0.717, 1.165) is 17.6 Å². The predicted octanol–water partition coefficient (Wildman–Crippen LogP) is 6.59. The Labute approximate surface area is 162 Å². The first-order valence-corrected chi connectivity index (χ1v) is 9.73. The fourth-order valence-electron chi connectivity index (χ4n) is 4.66. The quantitative estimate of drug-likeness (QED) is 0.494. The van der Waals surface area contributed by atoms with Gasteiger partial charge in [0.25, 0.3) is 0 Å². The molecule has 2 aromatic carbocycles. The fourth-order valence-corrected chi connectivity index (χ4v) is 4.66. The summed E-state index contributed by atoms with van der Waals surface area (Å²) in [7, 11) is 0. The van der Waals surface area contributed by atoms with Gasteiger partial charge in [-0.1, -0.05) is 70.2 Å². The van der Waals surface area contributed by atoms with E-state index in [4.69, 9.17) is 0 Å². The van der Waals surface area contributed by atoms with Crippen molar-refractivity contribution in [3.8, 4) is 0 Å². The molecule has 0 radical (unpaired) electrons. The second kappa shape index (κ2) is 6.99. The van der Waals surface area contributed by atoms with Crippen LogP contribution < -0.4 is 0 Å². The number of rotatable bonds is 3. The van der Waals surface area contributed by atoms with E-state index in [1.807, 2.05) is 18.2 Å². The third-order valence-corrected chi connectivity index (χ3v) is 5.85. The summed E-state index contributed by atoms with van der Waals surface area (Å²) in [6.07, 6.45) is 5.49. The number of carboxylic acids is 1. The molecule has 1 N–H and O–H groups in total. The second-order valence-corrected chi connectivity index (χ2v) is 9.32. The molecule has 0 aromatic heterocycles. The molecule has 0 amide bonds. The molecule has 3 rings (SSSR count). The number of carboxylic acid groups (broad SMARTS) is 1. The van der Waals surface area contributed by atoms with Gasteiger partial charge in [-0.15, -0.1) is 0 Å². The Morgan fingerprint density at radius 1 is 1.07 bits per heavy atom. The highest BCUT2D eigenvalue weighted by atomic mass is 16.4. The summed E-state index contributed by atoms with van der Waals surface area (Å²) in [6, 6.07) is 14.0. The van der Waals surface area contributed by atoms with Crippen molar-refractivity contribution in [1.82, 2.24) is 0 Å². The molecule has 2 nitrogen and oxygen atoms in total. The van der Waals surface area contributed by atoms with Gasteiger partial charge in [0.15, 0.2) is 0 Å². The summed E-state index contributed by atoms with van der Waals surface area (Å²) in [4.78, 5) is 11.5. The number of hydrogen-bond donors (Lipinski definition) is 1. The number of hydrogen-bond acceptors (Lipinski definition) is 1. The molecule has 2 aromatic rings. The summed E-state index contributed by atoms with van der Waals surface area (Å²) < 4.78 is 0. The van der Waals surface area contributed by atoms with Crippen LogP contribution >= 0.6 is 0 Å². The third-order valence-electron chi connectivity index (χ3n) is 5.85. The molecule has 142 valence electrons. The lowest BCUT2D eigenvalue weighted by Crippen LogP contribution is -2.25. The summed E-state index contributed by atoms with van der Waals surface area (Å²) in [5.41, 5.74) is 6.70. The van der Waals surface area contributed by atoms with E-state index in [9.17, 15) is 9.90 Å². The highest BCUT2D eigenvalue weighted by molar-refractivity contribution is 5.95. The van der Waals surface area contributed by atoms with Crippen molar-refractivity contribution in [1.29, 1.82) is 0 Å². The molecule has 0 heterocycles. The monoisotopic (exact) mass is 362 g/mol. The van der Waals surface area contributed by atoms with Crippen LogP contribution in [0.25, 0.3) is 11.6 Å². The molecule has 1 aliphatic carbocycles. The van der Waals surface area contributed by atoms with E-state index in [1.165, 1.54) is 29.5 Å². The zero-order valence-electron chi connectivity index (χ0n) is 17.1. The van der Waals surface area contributed by atoms with Gasteiger partial charge in [-0.2, -0.15) is 0 Å². The van der Waals surface area contributed by atoms with Crippen LogP contribution in [0.15, 0.2) is 42.5 Å². The molecule has 27 heavy (non-hydrogen) atoms. The summed E-state index contributed by atoms with van der Waals surface area (Å²) in [5.74, 6) is -0.889. The number of allylic oxidation sites excluding steroid dienone is 1. The Morgan fingerprint density at radius 2 is 1.78 bits per heavy atom. The Morgan fingerprint density at radius 3 is 2.48 bits per heavy atom. The van der Waals surface area contributed by atoms with E-state index < -0.39 is 5.97 Å². The van der Waals surface area contributed by atoms with Crippen molar-refractivity contribution in [2.24, 2.45) is 5.41 Å². The molecule has 0 saturated carbocycles. The van der Waals surface area contributed by atoms with Crippen LogP contribution in [0.3, 0.4) is 0 Å². The molecular weight excluding hydrogens is 332 g/mol. The lowest BCUT2D eigenvalue weighted by Gasteiger charge is -2.33. The molecule has 0 bridgehead atoms. The number of aromatic carboxylic acids is 1. The maximum atomic E-state index is 11.5. The maximum Gasteiger partial charge on any atom is 0.336 e. The summed E-state index contributed by atoms with van der Waals surface area (Å²) in [6.45, 7) is 11.5. The zero-order chi connectivity index (χ0) is 19.8. The molecule has 0 saturated heterocycles. The first-order valence-electron chi connectivity index (χ1n) is 9.73. The minimum Gasteiger partial charge on any atom is -0.478 e.